The number of urea groups is 1. The van der Waals surface area contributed by atoms with Gasteiger partial charge >= 0.3 is 12.2 Å². The van der Waals surface area contributed by atoms with Gasteiger partial charge in [-0.15, -0.1) is 10.2 Å². The van der Waals surface area contributed by atoms with Crippen molar-refractivity contribution in [1.82, 2.24) is 5.32 Å². The normalized spacial score (nSPS) is 11.6. The summed E-state index contributed by atoms with van der Waals surface area (Å²) in [4.78, 5) is 49.1. The highest BCUT2D eigenvalue weighted by Crippen LogP contribution is 2.39. The molecule has 0 saturated carbocycles. The predicted molar refractivity (Wildman–Crippen MR) is 281 cm³/mol. The number of amides is 3. The molecule has 0 radical (unpaired) electrons. The van der Waals surface area contributed by atoms with Crippen LogP contribution in [0.3, 0.4) is 0 Å². The number of alkyl halides is 3. The van der Waals surface area contributed by atoms with Crippen LogP contribution in [0.4, 0.5) is 52.1 Å². The maximum atomic E-state index is 13.5. The number of rotatable bonds is 15. The molecule has 9 aromatic rings. The minimum atomic E-state index is -4.49. The van der Waals surface area contributed by atoms with Crippen molar-refractivity contribution in [3.63, 3.8) is 0 Å². The Bertz CT molecular complexity index is 3710. The molecule has 0 spiro atoms. The number of phenols is 2. The molecule has 0 bridgehead atoms. The average molecular weight is 1070 g/mol. The third-order valence-electron chi connectivity index (χ3n) is 11.4. The Labute approximate surface area is 432 Å². The van der Waals surface area contributed by atoms with E-state index in [1.54, 1.807) is 103 Å². The van der Waals surface area contributed by atoms with Gasteiger partial charge in [0.05, 0.1) is 22.6 Å². The number of aromatic hydroxyl groups is 2. The molecule has 75 heavy (non-hydrogen) atoms. The fourth-order valence-corrected chi connectivity index (χ4v) is 8.01. The third kappa shape index (κ3) is 12.5. The molecule has 0 saturated heterocycles. The van der Waals surface area contributed by atoms with Gasteiger partial charge in [-0.05, 0) is 131 Å². The molecule has 0 unspecified atom stereocenters. The fourth-order valence-electron chi connectivity index (χ4n) is 7.61. The maximum absolute atomic E-state index is 13.5. The lowest BCUT2D eigenvalue weighted by Gasteiger charge is -2.09. The zero-order valence-electron chi connectivity index (χ0n) is 38.8. The molecule has 0 heterocycles. The number of hydrogen-bond acceptors (Lipinski definition) is 13. The number of nitrogens with one attached hydrogen (secondary N) is 3. The zero-order valence-corrected chi connectivity index (χ0v) is 40.4. The van der Waals surface area contributed by atoms with Crippen molar-refractivity contribution in [3.8, 4) is 22.6 Å². The summed E-state index contributed by atoms with van der Waals surface area (Å²) in [5, 5.41) is 49.8. The number of azo groups is 2. The number of carbonyl (C=O) groups is 3. The minimum Gasteiger partial charge on any atom is -0.506 e. The van der Waals surface area contributed by atoms with Crippen LogP contribution in [0.5, 0.6) is 11.5 Å². The van der Waals surface area contributed by atoms with Crippen LogP contribution in [0.25, 0.3) is 32.7 Å². The summed E-state index contributed by atoms with van der Waals surface area (Å²) in [7, 11) is 0. The van der Waals surface area contributed by atoms with E-state index >= 15 is 0 Å². The Balaban J connectivity index is 0.777. The third-order valence-corrected chi connectivity index (χ3v) is 11.8. The molecular weight excluding hydrogens is 1030 g/mol. The van der Waals surface area contributed by atoms with Gasteiger partial charge in [0.1, 0.15) is 29.5 Å². The van der Waals surface area contributed by atoms with Crippen LogP contribution in [-0.4, -0.2) is 34.3 Å². The molecule has 0 aromatic heterocycles. The number of anilines is 2. The van der Waals surface area contributed by atoms with Gasteiger partial charge in [-0.25, -0.2) is 10.3 Å². The highest BCUT2D eigenvalue weighted by atomic mass is 79.9. The molecule has 9 rings (SSSR count). The quantitative estimate of drug-likeness (QED) is 0.0219. The monoisotopic (exact) mass is 1070 g/mol. The number of oxime groups is 1. The van der Waals surface area contributed by atoms with Crippen molar-refractivity contribution in [2.45, 2.75) is 12.8 Å². The molecule has 19 heteroatoms. The molecule has 5 N–H and O–H groups in total. The van der Waals surface area contributed by atoms with Crippen LogP contribution in [0.15, 0.2) is 212 Å². The van der Waals surface area contributed by atoms with E-state index in [1.165, 1.54) is 30.3 Å². The van der Waals surface area contributed by atoms with Crippen molar-refractivity contribution in [1.29, 1.82) is 0 Å². The van der Waals surface area contributed by atoms with E-state index in [2.05, 4.69) is 57.7 Å². The first-order valence-corrected chi connectivity index (χ1v) is 23.3. The van der Waals surface area contributed by atoms with Gasteiger partial charge in [0.2, 0.25) is 6.40 Å². The number of imide groups is 1. The summed E-state index contributed by atoms with van der Waals surface area (Å²) < 4.78 is 39.6. The van der Waals surface area contributed by atoms with Crippen LogP contribution in [-0.2, 0) is 22.5 Å². The standard InChI is InChI=1S/C56H38BrF3N8O7/c57-42-4-2-5-45(30-42)62-55(73)63-54(72)40-16-24-48-39(28-40)18-26-50(70)52(48)67-64-43-19-12-35(13-20-43)34-8-10-36(11-9-34)53(71)37-14-21-44(22-15-37)65-66-51-47-23-7-33(27-38(47)17-25-49(51)69)31-74-61-32-75-68-46-6-1-3-41(29-46)56(58,59)60/h1-30,32,68-70H,31H2,(H2,62,63,72,73)/b61-32+,66-65?,67-64?. The Morgan fingerprint density at radius 1 is 0.587 bits per heavy atom. The van der Waals surface area contributed by atoms with Gasteiger partial charge in [0.25, 0.3) is 5.91 Å². The SMILES string of the molecule is O=C(NC(=O)c1ccc2c(N=Nc3ccc(-c4ccc(C(=O)c5ccc(N=Nc6c(O)ccc7cc(CO/N=C/ONc8cccc(C(F)(F)F)c8)ccc67)cc5)cc4)cc3)c(O)ccc2c1)Nc1cccc(Br)c1. The molecular formula is C56H38BrF3N8O7. The van der Waals surface area contributed by atoms with Crippen molar-refractivity contribution in [3.05, 3.63) is 214 Å². The smallest absolute Gasteiger partial charge is 0.416 e. The Hall–Kier alpha value is -9.75. The number of halogens is 4. The van der Waals surface area contributed by atoms with Crippen LogP contribution in [0.2, 0.25) is 0 Å². The second kappa shape index (κ2) is 22.3. The van der Waals surface area contributed by atoms with Crippen molar-refractivity contribution < 1.29 is 47.4 Å². The maximum Gasteiger partial charge on any atom is 0.416 e. The van der Waals surface area contributed by atoms with E-state index < -0.39 is 23.7 Å². The van der Waals surface area contributed by atoms with Gasteiger partial charge in [-0.2, -0.15) is 23.4 Å². The van der Waals surface area contributed by atoms with Gasteiger partial charge in [-0.1, -0.05) is 99.9 Å². The number of hydrogen-bond donors (Lipinski definition) is 5. The molecule has 0 aliphatic rings. The predicted octanol–water partition coefficient (Wildman–Crippen LogP) is 15.4. The van der Waals surface area contributed by atoms with E-state index in [4.69, 9.17) is 9.68 Å². The summed E-state index contributed by atoms with van der Waals surface area (Å²) >= 11 is 3.34. The van der Waals surface area contributed by atoms with E-state index in [0.29, 0.717) is 44.3 Å². The summed E-state index contributed by atoms with van der Waals surface area (Å²) in [5.74, 6) is -1.02. The minimum absolute atomic E-state index is 0.0353. The van der Waals surface area contributed by atoms with E-state index in [-0.39, 0.29) is 46.5 Å². The summed E-state index contributed by atoms with van der Waals surface area (Å²) in [6, 6.07) is 48.1. The summed E-state index contributed by atoms with van der Waals surface area (Å²) in [6.45, 7) is 0.0353. The number of carbonyl (C=O) groups excluding carboxylic acids is 3. The molecule has 0 aliphatic heterocycles. The highest BCUT2D eigenvalue weighted by molar-refractivity contribution is 9.10. The number of phenolic OH excluding ortho intramolecular Hbond substituents is 2. The van der Waals surface area contributed by atoms with Crippen LogP contribution in [0.1, 0.15) is 37.4 Å². The van der Waals surface area contributed by atoms with Crippen molar-refractivity contribution in [2.24, 2.45) is 25.6 Å². The van der Waals surface area contributed by atoms with E-state index in [9.17, 15) is 37.8 Å². The van der Waals surface area contributed by atoms with Crippen molar-refractivity contribution >= 4 is 95.7 Å². The zero-order chi connectivity index (χ0) is 52.5. The molecule has 0 atom stereocenters. The first kappa shape index (κ1) is 50.2. The van der Waals surface area contributed by atoms with Gasteiger partial charge in [0.15, 0.2) is 5.78 Å². The van der Waals surface area contributed by atoms with Crippen LogP contribution >= 0.6 is 15.9 Å². The highest BCUT2D eigenvalue weighted by Gasteiger charge is 2.30. The number of ketones is 1. The van der Waals surface area contributed by atoms with Crippen LogP contribution in [0, 0.1) is 0 Å². The second-order valence-electron chi connectivity index (χ2n) is 16.5. The first-order chi connectivity index (χ1) is 36.2. The molecule has 9 aromatic carbocycles. The second-order valence-corrected chi connectivity index (χ2v) is 17.4. The fraction of sp³-hybridized carbons (Fsp3) is 0.0357. The topological polar surface area (TPSA) is 208 Å². The Morgan fingerprint density at radius 2 is 1.15 bits per heavy atom. The summed E-state index contributed by atoms with van der Waals surface area (Å²) in [6.07, 6.45) is -3.59. The van der Waals surface area contributed by atoms with Gasteiger partial charge < -0.3 is 25.2 Å². The molecule has 3 amide bonds. The van der Waals surface area contributed by atoms with Gasteiger partial charge in [0, 0.05) is 37.6 Å². The van der Waals surface area contributed by atoms with E-state index in [0.717, 1.165) is 45.1 Å². The lowest BCUT2D eigenvalue weighted by Crippen LogP contribution is -2.34. The van der Waals surface area contributed by atoms with E-state index in [1.807, 2.05) is 36.4 Å². The largest absolute Gasteiger partial charge is 0.506 e. The lowest BCUT2D eigenvalue weighted by molar-refractivity contribution is -0.137. The number of benzene rings is 9. The number of fused-ring (bicyclic) bond motifs is 2. The Kier molecular flexibility index (Phi) is 15.0. The first-order valence-electron chi connectivity index (χ1n) is 22.5. The Morgan fingerprint density at radius 3 is 1.79 bits per heavy atom. The molecule has 0 fully saturated rings. The molecule has 0 aliphatic carbocycles. The molecule has 15 nitrogen and oxygen atoms in total. The van der Waals surface area contributed by atoms with Crippen molar-refractivity contribution in [2.75, 3.05) is 10.8 Å². The van der Waals surface area contributed by atoms with Gasteiger partial charge in [-0.3, -0.25) is 14.9 Å². The average Bonchev–Trinajstić information content (AvgIpc) is 3.41. The molecule has 372 valence electrons. The lowest BCUT2D eigenvalue weighted by atomic mass is 9.99. The van der Waals surface area contributed by atoms with Crippen LogP contribution < -0.4 is 16.1 Å². The number of nitrogens with zero attached hydrogens (tertiary/aromatic N) is 5. The summed E-state index contributed by atoms with van der Waals surface area (Å²) in [5.41, 5.74) is 7.07.